The zero-order chi connectivity index (χ0) is 59.7. The molecule has 0 unspecified atom stereocenters. The summed E-state index contributed by atoms with van der Waals surface area (Å²) in [5.74, 6) is 0.917. The van der Waals surface area contributed by atoms with Gasteiger partial charge in [0.05, 0.1) is 55.2 Å². The van der Waals surface area contributed by atoms with Gasteiger partial charge in [-0.1, -0.05) is 157 Å². The van der Waals surface area contributed by atoms with Crippen molar-refractivity contribution in [2.24, 2.45) is 0 Å². The fourth-order valence-electron chi connectivity index (χ4n) is 14.1. The van der Waals surface area contributed by atoms with Crippen molar-refractivity contribution < 1.29 is 0 Å². The van der Waals surface area contributed by atoms with Gasteiger partial charge in [-0.2, -0.15) is 10.5 Å². The highest BCUT2D eigenvalue weighted by molar-refractivity contribution is 6.15. The molecule has 0 N–H and O–H groups in total. The predicted molar refractivity (Wildman–Crippen MR) is 364 cm³/mol. The number of hydrogen-bond acceptors (Lipinski definition) is 6. The number of nitrogens with zero attached hydrogens (tertiary/aromatic N) is 10. The fraction of sp³-hybridized carbons (Fsp3) is 0.0250. The molecule has 18 rings (SSSR count). The summed E-state index contributed by atoms with van der Waals surface area (Å²) in [7, 11) is 0. The van der Waals surface area contributed by atoms with E-state index >= 15 is 0 Å². The smallest absolute Gasteiger partial charge is 0.236 e. The lowest BCUT2D eigenvalue weighted by atomic mass is 9.99. The van der Waals surface area contributed by atoms with Crippen LogP contribution in [0.2, 0.25) is 0 Å². The van der Waals surface area contributed by atoms with E-state index in [1.54, 1.807) is 0 Å². The molecular weight excluding hydrogens is 1100 g/mol. The minimum atomic E-state index is 0.335. The average molecular weight is 1150 g/mol. The Labute approximate surface area is 514 Å². The predicted octanol–water partition coefficient (Wildman–Crippen LogP) is 18.9. The number of fused-ring (bicyclic) bond motifs is 14. The topological polar surface area (TPSA) is 119 Å². The van der Waals surface area contributed by atoms with Crippen molar-refractivity contribution in [1.29, 1.82) is 10.5 Å². The second-order valence-electron chi connectivity index (χ2n) is 23.3. The van der Waals surface area contributed by atoms with E-state index < -0.39 is 0 Å². The summed E-state index contributed by atoms with van der Waals surface area (Å²) in [5, 5.41) is 31.7. The van der Waals surface area contributed by atoms with Gasteiger partial charge in [-0.25, -0.2) is 19.9 Å². The lowest BCUT2D eigenvalue weighted by Gasteiger charge is -2.13. The number of benzene rings is 12. The van der Waals surface area contributed by atoms with Crippen LogP contribution in [0, 0.1) is 29.6 Å². The van der Waals surface area contributed by atoms with Crippen LogP contribution in [0.25, 0.3) is 155 Å². The summed E-state index contributed by atoms with van der Waals surface area (Å²) in [6.07, 6.45) is 0.577. The number of hydrogen-bond donors (Lipinski definition) is 0. The molecule has 0 saturated heterocycles. The molecule has 0 fully saturated rings. The van der Waals surface area contributed by atoms with Gasteiger partial charge in [0.2, 0.25) is 11.9 Å². The van der Waals surface area contributed by atoms with E-state index in [0.717, 1.165) is 127 Å². The van der Waals surface area contributed by atoms with E-state index in [4.69, 9.17) is 19.9 Å². The number of aryl methyl sites for hydroxylation is 1. The van der Waals surface area contributed by atoms with Gasteiger partial charge >= 0.3 is 0 Å². The van der Waals surface area contributed by atoms with Crippen LogP contribution in [0.1, 0.15) is 28.1 Å². The maximum Gasteiger partial charge on any atom is 0.236 e. The van der Waals surface area contributed by atoms with Gasteiger partial charge in [-0.15, -0.1) is 0 Å². The first kappa shape index (κ1) is 50.8. The van der Waals surface area contributed by atoms with E-state index in [2.05, 4.69) is 250 Å². The van der Waals surface area contributed by atoms with Crippen LogP contribution in [-0.4, -0.2) is 38.2 Å². The Morgan fingerprint density at radius 3 is 1.27 bits per heavy atom. The summed E-state index contributed by atoms with van der Waals surface area (Å²) in [5.41, 5.74) is 20.4. The van der Waals surface area contributed by atoms with Crippen molar-refractivity contribution in [3.05, 3.63) is 289 Å². The number of nitriles is 2. The molecule has 0 amide bonds. The van der Waals surface area contributed by atoms with Crippen LogP contribution < -0.4 is 0 Å². The van der Waals surface area contributed by atoms with Gasteiger partial charge in [0.25, 0.3) is 0 Å². The molecule has 6 heterocycles. The van der Waals surface area contributed by atoms with Gasteiger partial charge in [-0.3, -0.25) is 9.13 Å². The third kappa shape index (κ3) is 7.75. The SMILES string of the molecule is Cc1ccc(-n2c3ccccc3c3cc(-c4ccc5c(c4)c4ccccc4n5-c4nc(C#N)c5c(Cc6ccc(-n7c8ccccc8c8ccc(-c9ccc%10c(c9)c9ccccc9n%10-c9nc(C#N)c%10ccccc%10n9)cc87)cc6)cccc5n4)ccc32)cc1. The van der Waals surface area contributed by atoms with Crippen molar-refractivity contribution in [1.82, 2.24) is 38.2 Å². The maximum atomic E-state index is 11.0. The van der Waals surface area contributed by atoms with Crippen LogP contribution in [-0.2, 0) is 6.42 Å². The van der Waals surface area contributed by atoms with Crippen LogP contribution in [0.5, 0.6) is 0 Å². The van der Waals surface area contributed by atoms with Crippen LogP contribution in [0.15, 0.2) is 261 Å². The zero-order valence-electron chi connectivity index (χ0n) is 48.5. The molecule has 0 bridgehead atoms. The van der Waals surface area contributed by atoms with Crippen molar-refractivity contribution in [3.63, 3.8) is 0 Å². The Morgan fingerprint density at radius 2 is 0.711 bits per heavy atom. The Hall–Kier alpha value is -12.5. The lowest BCUT2D eigenvalue weighted by molar-refractivity contribution is 0.999. The quantitative estimate of drug-likeness (QED) is 0.149. The highest BCUT2D eigenvalue weighted by Gasteiger charge is 2.22. The zero-order valence-corrected chi connectivity index (χ0v) is 48.5. The number of aromatic nitrogens is 8. The van der Waals surface area contributed by atoms with Gasteiger partial charge < -0.3 is 9.13 Å². The largest absolute Gasteiger partial charge is 0.309 e. The van der Waals surface area contributed by atoms with Crippen LogP contribution >= 0.6 is 0 Å². The standard InChI is InChI=1S/C80H48N10/c1-48-25-33-55(34-26-48)87-71-22-9-4-15-58(71)63-42-50(30-38-74(63)87)51-31-39-76-64(43-51)59-16-6-11-24-73(59)90(76)80-84-67-20-12-13-54(78(67)69(47-82)86-80)41-49-27-35-56(36-28-49)88-70-21-8-3-14-57(70)61-37-29-53(45-77(61)88)52-32-40-75-65(44-52)60-17-5-10-23-72(60)89(75)79-83-66-19-7-2-18-62(66)68(46-81)85-79/h2-40,42-45H,41H2,1H3. The molecule has 0 aliphatic rings. The molecule has 418 valence electrons. The van der Waals surface area contributed by atoms with Gasteiger partial charge in [0.15, 0.2) is 11.4 Å². The van der Waals surface area contributed by atoms with Gasteiger partial charge in [0.1, 0.15) is 12.1 Å². The molecule has 10 heteroatoms. The minimum Gasteiger partial charge on any atom is -0.309 e. The van der Waals surface area contributed by atoms with E-state index in [1.807, 2.05) is 48.5 Å². The van der Waals surface area contributed by atoms with Crippen molar-refractivity contribution >= 4 is 109 Å². The fourth-order valence-corrected chi connectivity index (χ4v) is 14.1. The molecule has 0 spiro atoms. The van der Waals surface area contributed by atoms with Crippen molar-refractivity contribution in [2.45, 2.75) is 13.3 Å². The first-order valence-corrected chi connectivity index (χ1v) is 30.1. The summed E-state index contributed by atoms with van der Waals surface area (Å²) in [6, 6.07) is 96.8. The Kier molecular flexibility index (Phi) is 11.2. The summed E-state index contributed by atoms with van der Waals surface area (Å²) in [4.78, 5) is 20.2. The Balaban J connectivity index is 0.681. The van der Waals surface area contributed by atoms with E-state index in [0.29, 0.717) is 35.2 Å². The molecule has 0 radical (unpaired) electrons. The van der Waals surface area contributed by atoms with Crippen LogP contribution in [0.3, 0.4) is 0 Å². The molecule has 18 aromatic rings. The van der Waals surface area contributed by atoms with Crippen molar-refractivity contribution in [2.75, 3.05) is 0 Å². The first-order chi connectivity index (χ1) is 44.4. The molecule has 90 heavy (non-hydrogen) atoms. The average Bonchev–Trinajstić information content (AvgIpc) is 1.63. The molecule has 0 aliphatic heterocycles. The second kappa shape index (κ2) is 19.8. The Morgan fingerprint density at radius 1 is 0.311 bits per heavy atom. The molecular formula is C80H48N10. The van der Waals surface area contributed by atoms with E-state index in [9.17, 15) is 10.5 Å². The van der Waals surface area contributed by atoms with Crippen molar-refractivity contribution in [3.8, 4) is 57.7 Å². The van der Waals surface area contributed by atoms with E-state index in [1.165, 1.54) is 27.2 Å². The first-order valence-electron chi connectivity index (χ1n) is 30.1. The summed E-state index contributed by atoms with van der Waals surface area (Å²) in [6.45, 7) is 2.12. The summed E-state index contributed by atoms with van der Waals surface area (Å²) < 4.78 is 8.88. The summed E-state index contributed by atoms with van der Waals surface area (Å²) >= 11 is 0. The molecule has 10 nitrogen and oxygen atoms in total. The lowest BCUT2D eigenvalue weighted by Crippen LogP contribution is -2.05. The van der Waals surface area contributed by atoms with Gasteiger partial charge in [-0.05, 0) is 156 Å². The highest BCUT2D eigenvalue weighted by Crippen LogP contribution is 2.41. The molecule has 6 aromatic heterocycles. The Bertz CT molecular complexity index is 6160. The molecule has 0 saturated carbocycles. The molecule has 0 aliphatic carbocycles. The second-order valence-corrected chi connectivity index (χ2v) is 23.3. The van der Waals surface area contributed by atoms with Crippen LogP contribution in [0.4, 0.5) is 0 Å². The third-order valence-corrected chi connectivity index (χ3v) is 18.2. The van der Waals surface area contributed by atoms with E-state index in [-0.39, 0.29) is 0 Å². The molecule has 0 atom stereocenters. The maximum absolute atomic E-state index is 11.0. The third-order valence-electron chi connectivity index (χ3n) is 18.2. The monoisotopic (exact) mass is 1150 g/mol. The highest BCUT2D eigenvalue weighted by atomic mass is 15.2. The minimum absolute atomic E-state index is 0.335. The normalized spacial score (nSPS) is 11.9. The number of rotatable bonds is 8. The van der Waals surface area contributed by atoms with Gasteiger partial charge in [0, 0.05) is 65.2 Å². The molecule has 12 aromatic carbocycles. The number of para-hydroxylation sites is 5.